The van der Waals surface area contributed by atoms with Crippen LogP contribution in [0, 0.1) is 12.3 Å². The van der Waals surface area contributed by atoms with Gasteiger partial charge in [0.1, 0.15) is 0 Å². The third kappa shape index (κ3) is 3.46. The van der Waals surface area contributed by atoms with Crippen LogP contribution in [0.2, 0.25) is 0 Å². The van der Waals surface area contributed by atoms with Gasteiger partial charge in [-0.2, -0.15) is 0 Å². The summed E-state index contributed by atoms with van der Waals surface area (Å²) in [5, 5.41) is 14.4. The molecule has 6 heteroatoms. The smallest absolute Gasteiger partial charge is 0.319 e. The van der Waals surface area contributed by atoms with Crippen LogP contribution in [0.15, 0.2) is 18.3 Å². The second-order valence-electron chi connectivity index (χ2n) is 5.37. The number of anilines is 1. The molecule has 0 unspecified atom stereocenters. The first kappa shape index (κ1) is 14.3. The number of carboxylic acids is 1. The molecule has 1 saturated carbocycles. The summed E-state index contributed by atoms with van der Waals surface area (Å²) < 4.78 is 0. The lowest BCUT2D eigenvalue weighted by atomic mass is 9.66. The predicted octanol–water partition coefficient (Wildman–Crippen LogP) is 2.16. The molecule has 1 aliphatic rings. The second kappa shape index (κ2) is 5.90. The largest absolute Gasteiger partial charge is 0.481 e. The minimum absolute atomic E-state index is 0.110. The molecule has 1 fully saturated rings. The standard InChI is InChI=1S/C14H19N3O3/c1-10-11(4-2-7-15-10)17-13(20)16-9-14(5-3-6-14)8-12(18)19/h2,4,7H,3,5-6,8-9H2,1H3,(H,18,19)(H2,16,17,20). The molecule has 2 rings (SSSR count). The van der Waals surface area contributed by atoms with Gasteiger partial charge in [-0.25, -0.2) is 4.79 Å². The lowest BCUT2D eigenvalue weighted by Gasteiger charge is -2.40. The molecule has 20 heavy (non-hydrogen) atoms. The van der Waals surface area contributed by atoms with Crippen LogP contribution in [0.3, 0.4) is 0 Å². The Labute approximate surface area is 117 Å². The van der Waals surface area contributed by atoms with Gasteiger partial charge in [0.15, 0.2) is 0 Å². The second-order valence-corrected chi connectivity index (χ2v) is 5.37. The van der Waals surface area contributed by atoms with E-state index in [0.29, 0.717) is 12.2 Å². The Morgan fingerprint density at radius 3 is 2.75 bits per heavy atom. The monoisotopic (exact) mass is 277 g/mol. The Balaban J connectivity index is 1.86. The number of nitrogens with zero attached hydrogens (tertiary/aromatic N) is 1. The van der Waals surface area contributed by atoms with Gasteiger partial charge in [0.2, 0.25) is 0 Å². The summed E-state index contributed by atoms with van der Waals surface area (Å²) >= 11 is 0. The van der Waals surface area contributed by atoms with E-state index in [1.54, 1.807) is 18.3 Å². The molecule has 0 bridgehead atoms. The third-order valence-electron chi connectivity index (χ3n) is 3.82. The number of carboxylic acid groups (broad SMARTS) is 1. The molecule has 0 aliphatic heterocycles. The molecule has 0 spiro atoms. The number of rotatable bonds is 5. The zero-order valence-corrected chi connectivity index (χ0v) is 11.5. The van der Waals surface area contributed by atoms with Crippen molar-refractivity contribution in [3.63, 3.8) is 0 Å². The Morgan fingerprint density at radius 2 is 2.20 bits per heavy atom. The van der Waals surface area contributed by atoms with Gasteiger partial charge in [0, 0.05) is 12.7 Å². The number of aliphatic carboxylic acids is 1. The molecule has 1 aromatic rings. The molecule has 0 radical (unpaired) electrons. The quantitative estimate of drug-likeness (QED) is 0.769. The number of nitrogens with one attached hydrogen (secondary N) is 2. The van der Waals surface area contributed by atoms with Crippen molar-refractivity contribution in [2.45, 2.75) is 32.6 Å². The van der Waals surface area contributed by atoms with Crippen LogP contribution < -0.4 is 10.6 Å². The summed E-state index contributed by atoms with van der Waals surface area (Å²) in [4.78, 5) is 26.8. The maximum atomic E-state index is 11.8. The van der Waals surface area contributed by atoms with E-state index in [0.717, 1.165) is 25.0 Å². The van der Waals surface area contributed by atoms with Crippen molar-refractivity contribution >= 4 is 17.7 Å². The fourth-order valence-corrected chi connectivity index (χ4v) is 2.46. The van der Waals surface area contributed by atoms with E-state index < -0.39 is 5.97 Å². The number of pyridine rings is 1. The summed E-state index contributed by atoms with van der Waals surface area (Å²) in [6.07, 6.45) is 4.50. The van der Waals surface area contributed by atoms with Crippen LogP contribution >= 0.6 is 0 Å². The van der Waals surface area contributed by atoms with Gasteiger partial charge in [-0.1, -0.05) is 6.42 Å². The summed E-state index contributed by atoms with van der Waals surface area (Å²) in [5.74, 6) is -0.810. The van der Waals surface area contributed by atoms with Crippen LogP contribution in [-0.4, -0.2) is 28.6 Å². The lowest BCUT2D eigenvalue weighted by Crippen LogP contribution is -2.44. The molecule has 1 aromatic heterocycles. The average Bonchev–Trinajstić information content (AvgIpc) is 2.35. The first-order chi connectivity index (χ1) is 9.51. The van der Waals surface area contributed by atoms with E-state index in [2.05, 4.69) is 15.6 Å². The number of amides is 2. The van der Waals surface area contributed by atoms with Gasteiger partial charge in [-0.15, -0.1) is 0 Å². The maximum Gasteiger partial charge on any atom is 0.319 e. The number of carbonyl (C=O) groups is 2. The molecule has 0 aromatic carbocycles. The van der Waals surface area contributed by atoms with E-state index in [4.69, 9.17) is 5.11 Å². The van der Waals surface area contributed by atoms with Crippen molar-refractivity contribution < 1.29 is 14.7 Å². The van der Waals surface area contributed by atoms with Crippen molar-refractivity contribution in [3.8, 4) is 0 Å². The number of aryl methyl sites for hydroxylation is 1. The molecule has 1 aliphatic carbocycles. The lowest BCUT2D eigenvalue weighted by molar-refractivity contribution is -0.141. The Bertz CT molecular complexity index is 512. The van der Waals surface area contributed by atoms with Gasteiger partial charge < -0.3 is 15.7 Å². The molecular formula is C14H19N3O3. The van der Waals surface area contributed by atoms with E-state index >= 15 is 0 Å². The fraction of sp³-hybridized carbons (Fsp3) is 0.500. The Kier molecular flexibility index (Phi) is 4.22. The minimum Gasteiger partial charge on any atom is -0.481 e. The number of aromatic nitrogens is 1. The van der Waals surface area contributed by atoms with E-state index in [1.807, 2.05) is 6.92 Å². The van der Waals surface area contributed by atoms with Crippen LogP contribution in [0.5, 0.6) is 0 Å². The highest BCUT2D eigenvalue weighted by Crippen LogP contribution is 2.43. The van der Waals surface area contributed by atoms with Crippen LogP contribution in [0.25, 0.3) is 0 Å². The highest BCUT2D eigenvalue weighted by atomic mass is 16.4. The minimum atomic E-state index is -0.810. The molecule has 2 amide bonds. The summed E-state index contributed by atoms with van der Waals surface area (Å²) in [5.41, 5.74) is 1.13. The van der Waals surface area contributed by atoms with Gasteiger partial charge in [0.25, 0.3) is 0 Å². The topological polar surface area (TPSA) is 91.3 Å². The predicted molar refractivity (Wildman–Crippen MR) is 74.5 cm³/mol. The molecule has 108 valence electrons. The molecular weight excluding hydrogens is 258 g/mol. The van der Waals surface area contributed by atoms with E-state index in [-0.39, 0.29) is 17.9 Å². The highest BCUT2D eigenvalue weighted by Gasteiger charge is 2.39. The summed E-state index contributed by atoms with van der Waals surface area (Å²) in [7, 11) is 0. The molecule has 6 nitrogen and oxygen atoms in total. The van der Waals surface area contributed by atoms with Crippen LogP contribution in [-0.2, 0) is 4.79 Å². The summed E-state index contributed by atoms with van der Waals surface area (Å²) in [6, 6.07) is 3.21. The van der Waals surface area contributed by atoms with Crippen molar-refractivity contribution in [2.75, 3.05) is 11.9 Å². The van der Waals surface area contributed by atoms with Crippen molar-refractivity contribution in [3.05, 3.63) is 24.0 Å². The number of hydrogen-bond donors (Lipinski definition) is 3. The highest BCUT2D eigenvalue weighted by molar-refractivity contribution is 5.89. The van der Waals surface area contributed by atoms with Gasteiger partial charge in [0.05, 0.1) is 17.8 Å². The van der Waals surface area contributed by atoms with Crippen molar-refractivity contribution in [1.82, 2.24) is 10.3 Å². The first-order valence-electron chi connectivity index (χ1n) is 6.69. The van der Waals surface area contributed by atoms with E-state index in [1.165, 1.54) is 0 Å². The fourth-order valence-electron chi connectivity index (χ4n) is 2.46. The summed E-state index contributed by atoms with van der Waals surface area (Å²) in [6.45, 7) is 2.21. The zero-order chi connectivity index (χ0) is 14.6. The van der Waals surface area contributed by atoms with E-state index in [9.17, 15) is 9.59 Å². The van der Waals surface area contributed by atoms with Crippen molar-refractivity contribution in [2.24, 2.45) is 5.41 Å². The van der Waals surface area contributed by atoms with Gasteiger partial charge >= 0.3 is 12.0 Å². The SMILES string of the molecule is Cc1ncccc1NC(=O)NCC1(CC(=O)O)CCC1. The third-order valence-corrected chi connectivity index (χ3v) is 3.82. The van der Waals surface area contributed by atoms with Gasteiger partial charge in [-0.05, 0) is 37.3 Å². The molecule has 0 atom stereocenters. The molecule has 3 N–H and O–H groups in total. The molecule has 0 saturated heterocycles. The van der Waals surface area contributed by atoms with Crippen LogP contribution in [0.1, 0.15) is 31.4 Å². The Morgan fingerprint density at radius 1 is 1.45 bits per heavy atom. The Hall–Kier alpha value is -2.11. The molecule has 1 heterocycles. The van der Waals surface area contributed by atoms with Crippen molar-refractivity contribution in [1.29, 1.82) is 0 Å². The number of urea groups is 1. The normalized spacial score (nSPS) is 16.1. The first-order valence-corrected chi connectivity index (χ1v) is 6.69. The average molecular weight is 277 g/mol. The van der Waals surface area contributed by atoms with Gasteiger partial charge in [-0.3, -0.25) is 9.78 Å². The number of carbonyl (C=O) groups excluding carboxylic acids is 1. The maximum absolute atomic E-state index is 11.8. The zero-order valence-electron chi connectivity index (χ0n) is 11.5. The van der Waals surface area contributed by atoms with Crippen LogP contribution in [0.4, 0.5) is 10.5 Å². The number of hydrogen-bond acceptors (Lipinski definition) is 3.